The number of aryl methyl sites for hydroxylation is 1. The first-order valence-electron chi connectivity index (χ1n) is 9.33. The second-order valence-electron chi connectivity index (χ2n) is 6.61. The monoisotopic (exact) mass is 469 g/mol. The Morgan fingerprint density at radius 1 is 1.03 bits per heavy atom. The van der Waals surface area contributed by atoms with Crippen LogP contribution in [0, 0.1) is 6.92 Å². The van der Waals surface area contributed by atoms with E-state index < -0.39 is 0 Å². The van der Waals surface area contributed by atoms with Crippen molar-refractivity contribution in [2.45, 2.75) is 12.1 Å². The van der Waals surface area contributed by atoms with Crippen molar-refractivity contribution >= 4 is 46.6 Å². The number of pyridine rings is 1. The van der Waals surface area contributed by atoms with Gasteiger partial charge in [0.2, 0.25) is 5.91 Å². The molecule has 0 unspecified atom stereocenters. The summed E-state index contributed by atoms with van der Waals surface area (Å²) in [6.45, 7) is 2.02. The molecule has 0 saturated carbocycles. The molecule has 0 saturated heterocycles. The Labute approximate surface area is 193 Å². The molecular weight excluding hydrogens is 453 g/mol. The molecule has 2 aromatic heterocycles. The molecule has 0 atom stereocenters. The van der Waals surface area contributed by atoms with Gasteiger partial charge in [-0.1, -0.05) is 53.2 Å². The van der Waals surface area contributed by atoms with Gasteiger partial charge in [0.05, 0.1) is 17.1 Å². The Morgan fingerprint density at radius 2 is 1.81 bits per heavy atom. The number of nitrogens with one attached hydrogen (secondary N) is 1. The van der Waals surface area contributed by atoms with Gasteiger partial charge in [0, 0.05) is 16.8 Å². The SMILES string of the molecule is Cc1ccccc1-n1c(SCC(=O)Nc2cccnc2Cl)nnc1-c1ccc(Cl)cc1. The van der Waals surface area contributed by atoms with E-state index in [0.717, 1.165) is 16.8 Å². The fraction of sp³-hybridized carbons (Fsp3) is 0.0909. The highest BCUT2D eigenvalue weighted by Crippen LogP contribution is 2.30. The number of hydrogen-bond donors (Lipinski definition) is 1. The molecule has 1 N–H and O–H groups in total. The zero-order chi connectivity index (χ0) is 21.8. The van der Waals surface area contributed by atoms with Gasteiger partial charge in [0.15, 0.2) is 16.1 Å². The molecule has 0 aliphatic heterocycles. The average molecular weight is 470 g/mol. The second-order valence-corrected chi connectivity index (χ2v) is 8.35. The minimum atomic E-state index is -0.215. The lowest BCUT2D eigenvalue weighted by Crippen LogP contribution is -2.15. The summed E-state index contributed by atoms with van der Waals surface area (Å²) >= 11 is 13.4. The van der Waals surface area contributed by atoms with Crippen molar-refractivity contribution < 1.29 is 4.79 Å². The van der Waals surface area contributed by atoms with Crippen molar-refractivity contribution in [2.75, 3.05) is 11.1 Å². The maximum atomic E-state index is 12.5. The molecule has 9 heteroatoms. The Hall–Kier alpha value is -2.87. The molecular formula is C22H17Cl2N5OS. The highest BCUT2D eigenvalue weighted by atomic mass is 35.5. The predicted molar refractivity (Wildman–Crippen MR) is 125 cm³/mol. The van der Waals surface area contributed by atoms with E-state index in [2.05, 4.69) is 20.5 Å². The smallest absolute Gasteiger partial charge is 0.234 e. The van der Waals surface area contributed by atoms with Crippen LogP contribution in [0.4, 0.5) is 5.69 Å². The van der Waals surface area contributed by atoms with Crippen LogP contribution in [0.1, 0.15) is 5.56 Å². The maximum absolute atomic E-state index is 12.5. The fourth-order valence-corrected chi connectivity index (χ4v) is 4.01. The van der Waals surface area contributed by atoms with Crippen molar-refractivity contribution in [1.82, 2.24) is 19.7 Å². The van der Waals surface area contributed by atoms with Crippen molar-refractivity contribution in [3.63, 3.8) is 0 Å². The molecule has 0 spiro atoms. The van der Waals surface area contributed by atoms with Gasteiger partial charge in [-0.25, -0.2) is 4.98 Å². The van der Waals surface area contributed by atoms with Gasteiger partial charge in [-0.05, 0) is 55.0 Å². The van der Waals surface area contributed by atoms with Gasteiger partial charge < -0.3 is 5.32 Å². The third-order valence-electron chi connectivity index (χ3n) is 4.46. The molecule has 0 fully saturated rings. The van der Waals surface area contributed by atoms with Crippen LogP contribution in [0.5, 0.6) is 0 Å². The molecule has 0 aliphatic rings. The van der Waals surface area contributed by atoms with Crippen LogP contribution in [-0.2, 0) is 4.79 Å². The minimum absolute atomic E-state index is 0.135. The van der Waals surface area contributed by atoms with Gasteiger partial charge in [-0.2, -0.15) is 0 Å². The summed E-state index contributed by atoms with van der Waals surface area (Å²) in [4.78, 5) is 16.4. The molecule has 0 aliphatic carbocycles. The molecule has 4 rings (SSSR count). The maximum Gasteiger partial charge on any atom is 0.234 e. The van der Waals surface area contributed by atoms with Crippen LogP contribution in [0.3, 0.4) is 0 Å². The average Bonchev–Trinajstić information content (AvgIpc) is 3.18. The third-order valence-corrected chi connectivity index (χ3v) is 5.94. The highest BCUT2D eigenvalue weighted by molar-refractivity contribution is 7.99. The lowest BCUT2D eigenvalue weighted by molar-refractivity contribution is -0.113. The van der Waals surface area contributed by atoms with E-state index in [4.69, 9.17) is 23.2 Å². The number of carbonyl (C=O) groups excluding carboxylic acids is 1. The summed E-state index contributed by atoms with van der Waals surface area (Å²) in [5.74, 6) is 0.590. The third kappa shape index (κ3) is 4.90. The summed E-state index contributed by atoms with van der Waals surface area (Å²) in [6, 6.07) is 18.8. The molecule has 1 amide bonds. The summed E-state index contributed by atoms with van der Waals surface area (Å²) in [5, 5.41) is 13.0. The zero-order valence-corrected chi connectivity index (χ0v) is 18.7. The Kier molecular flexibility index (Phi) is 6.56. The van der Waals surface area contributed by atoms with Gasteiger partial charge >= 0.3 is 0 Å². The van der Waals surface area contributed by atoms with Crippen LogP contribution in [-0.4, -0.2) is 31.4 Å². The molecule has 2 heterocycles. The summed E-state index contributed by atoms with van der Waals surface area (Å²) in [6.07, 6.45) is 1.57. The molecule has 6 nitrogen and oxygen atoms in total. The number of halogens is 2. The number of anilines is 1. The summed E-state index contributed by atoms with van der Waals surface area (Å²) in [7, 11) is 0. The first-order valence-corrected chi connectivity index (χ1v) is 11.1. The van der Waals surface area contributed by atoms with Crippen molar-refractivity contribution in [1.29, 1.82) is 0 Å². The number of rotatable bonds is 6. The molecule has 2 aromatic carbocycles. The molecule has 156 valence electrons. The second kappa shape index (κ2) is 9.51. The van der Waals surface area contributed by atoms with E-state index in [1.807, 2.05) is 60.0 Å². The van der Waals surface area contributed by atoms with Gasteiger partial charge in [-0.15, -0.1) is 10.2 Å². The molecule has 31 heavy (non-hydrogen) atoms. The molecule has 0 bridgehead atoms. The first kappa shape index (κ1) is 21.4. The number of para-hydroxylation sites is 1. The largest absolute Gasteiger partial charge is 0.323 e. The summed E-state index contributed by atoms with van der Waals surface area (Å²) in [5.41, 5.74) is 3.34. The van der Waals surface area contributed by atoms with Crippen molar-refractivity contribution in [3.05, 3.63) is 82.6 Å². The standard InChI is InChI=1S/C22H17Cl2N5OS/c1-14-5-2-3-7-18(14)29-21(15-8-10-16(23)11-9-15)27-28-22(29)31-13-19(30)26-17-6-4-12-25-20(17)24/h2-12H,13H2,1H3,(H,26,30). The van der Waals surface area contributed by atoms with E-state index in [1.165, 1.54) is 11.8 Å². The highest BCUT2D eigenvalue weighted by Gasteiger charge is 2.18. The van der Waals surface area contributed by atoms with Crippen LogP contribution in [0.25, 0.3) is 17.1 Å². The Bertz CT molecular complexity index is 1230. The Balaban J connectivity index is 1.63. The quantitative estimate of drug-likeness (QED) is 0.290. The summed E-state index contributed by atoms with van der Waals surface area (Å²) < 4.78 is 1.95. The fourth-order valence-electron chi connectivity index (χ4n) is 2.98. The van der Waals surface area contributed by atoms with Crippen LogP contribution in [0.15, 0.2) is 72.0 Å². The lowest BCUT2D eigenvalue weighted by atomic mass is 10.1. The number of benzene rings is 2. The van der Waals surface area contributed by atoms with E-state index >= 15 is 0 Å². The van der Waals surface area contributed by atoms with E-state index in [1.54, 1.807) is 18.3 Å². The lowest BCUT2D eigenvalue weighted by Gasteiger charge is -2.13. The van der Waals surface area contributed by atoms with Gasteiger partial charge in [0.25, 0.3) is 0 Å². The van der Waals surface area contributed by atoms with E-state index in [-0.39, 0.29) is 16.8 Å². The van der Waals surface area contributed by atoms with Crippen molar-refractivity contribution in [3.8, 4) is 17.1 Å². The Morgan fingerprint density at radius 3 is 2.55 bits per heavy atom. The normalized spacial score (nSPS) is 10.8. The zero-order valence-electron chi connectivity index (χ0n) is 16.4. The minimum Gasteiger partial charge on any atom is -0.323 e. The van der Waals surface area contributed by atoms with Crippen LogP contribution < -0.4 is 5.32 Å². The van der Waals surface area contributed by atoms with Crippen LogP contribution >= 0.6 is 35.0 Å². The molecule has 0 radical (unpaired) electrons. The van der Waals surface area contributed by atoms with Gasteiger partial charge in [0.1, 0.15) is 0 Å². The number of aromatic nitrogens is 4. The topological polar surface area (TPSA) is 72.7 Å². The predicted octanol–water partition coefficient (Wildman–Crippen LogP) is 5.68. The van der Waals surface area contributed by atoms with Gasteiger partial charge in [-0.3, -0.25) is 9.36 Å². The number of amides is 1. The van der Waals surface area contributed by atoms with E-state index in [9.17, 15) is 4.79 Å². The van der Waals surface area contributed by atoms with E-state index in [0.29, 0.717) is 21.7 Å². The number of thioether (sulfide) groups is 1. The molecule has 4 aromatic rings. The first-order chi connectivity index (χ1) is 15.0. The number of carbonyl (C=O) groups is 1. The van der Waals surface area contributed by atoms with Crippen molar-refractivity contribution in [2.24, 2.45) is 0 Å². The number of nitrogens with zero attached hydrogens (tertiary/aromatic N) is 4. The number of hydrogen-bond acceptors (Lipinski definition) is 5. The van der Waals surface area contributed by atoms with Crippen LogP contribution in [0.2, 0.25) is 10.2 Å².